The van der Waals surface area contributed by atoms with Crippen LogP contribution in [0.3, 0.4) is 0 Å². The highest BCUT2D eigenvalue weighted by Gasteiger charge is 2.20. The van der Waals surface area contributed by atoms with Crippen molar-refractivity contribution in [2.75, 3.05) is 19.0 Å². The van der Waals surface area contributed by atoms with Crippen LogP contribution in [0.15, 0.2) is 36.4 Å². The van der Waals surface area contributed by atoms with Gasteiger partial charge in [0.15, 0.2) is 17.6 Å². The maximum atomic E-state index is 12.5. The first-order valence-corrected chi connectivity index (χ1v) is 8.36. The quantitative estimate of drug-likeness (QED) is 0.546. The number of anilines is 1. The zero-order valence-electron chi connectivity index (χ0n) is 15.6. The molecule has 0 aromatic heterocycles. The van der Waals surface area contributed by atoms with E-state index in [4.69, 9.17) is 19.5 Å². The Labute approximate surface area is 161 Å². The zero-order chi connectivity index (χ0) is 20.7. The van der Waals surface area contributed by atoms with Gasteiger partial charge in [0.05, 0.1) is 36.0 Å². The van der Waals surface area contributed by atoms with Crippen molar-refractivity contribution in [2.45, 2.75) is 20.0 Å². The largest absolute Gasteiger partial charge is 0.495 e. The molecule has 0 aliphatic carbocycles. The summed E-state index contributed by atoms with van der Waals surface area (Å²) in [6.07, 6.45) is -0.948. The molecule has 0 saturated heterocycles. The van der Waals surface area contributed by atoms with Gasteiger partial charge in [-0.2, -0.15) is 5.26 Å². The van der Waals surface area contributed by atoms with Crippen molar-refractivity contribution in [2.24, 2.45) is 0 Å². The summed E-state index contributed by atoms with van der Waals surface area (Å²) in [5.74, 6) is 0.383. The molecule has 0 radical (unpaired) electrons. The number of ether oxygens (including phenoxy) is 3. The van der Waals surface area contributed by atoms with Gasteiger partial charge >= 0.3 is 0 Å². The summed E-state index contributed by atoms with van der Waals surface area (Å²) < 4.78 is 16.2. The first-order chi connectivity index (χ1) is 13.4. The fourth-order valence-corrected chi connectivity index (χ4v) is 2.33. The molecule has 0 fully saturated rings. The second-order valence-corrected chi connectivity index (χ2v) is 5.60. The SMILES string of the molecule is CCOc1cc(C#N)ccc1O[C@H](C)C(=O)Nc1cc([N+](=O)[O-])ccc1OC. The van der Waals surface area contributed by atoms with Crippen LogP contribution in [0.4, 0.5) is 11.4 Å². The first-order valence-electron chi connectivity index (χ1n) is 8.36. The smallest absolute Gasteiger partial charge is 0.271 e. The molecule has 28 heavy (non-hydrogen) atoms. The molecule has 2 aromatic rings. The molecule has 2 rings (SSSR count). The molecule has 0 spiro atoms. The monoisotopic (exact) mass is 385 g/mol. The van der Waals surface area contributed by atoms with E-state index in [-0.39, 0.29) is 17.1 Å². The van der Waals surface area contributed by atoms with E-state index in [0.717, 1.165) is 0 Å². The summed E-state index contributed by atoms with van der Waals surface area (Å²) in [6.45, 7) is 3.66. The van der Waals surface area contributed by atoms with E-state index >= 15 is 0 Å². The molecular formula is C19H19N3O6. The maximum Gasteiger partial charge on any atom is 0.271 e. The van der Waals surface area contributed by atoms with Crippen LogP contribution in [-0.2, 0) is 4.79 Å². The number of hydrogen-bond acceptors (Lipinski definition) is 7. The predicted molar refractivity (Wildman–Crippen MR) is 101 cm³/mol. The van der Waals surface area contributed by atoms with Crippen LogP contribution >= 0.6 is 0 Å². The standard InChI is InChI=1S/C19H19N3O6/c1-4-27-18-9-13(11-20)5-7-17(18)28-12(2)19(23)21-15-10-14(22(24)25)6-8-16(15)26-3/h5-10,12H,4H2,1-3H3,(H,21,23)/t12-/m1/s1. The third-order valence-corrected chi connectivity index (χ3v) is 3.70. The molecule has 1 N–H and O–H groups in total. The Morgan fingerprint density at radius 2 is 1.96 bits per heavy atom. The molecule has 1 amide bonds. The van der Waals surface area contributed by atoms with Crippen LogP contribution in [0.1, 0.15) is 19.4 Å². The van der Waals surface area contributed by atoms with Crippen LogP contribution in [0, 0.1) is 21.4 Å². The molecule has 0 aliphatic heterocycles. The average molecular weight is 385 g/mol. The van der Waals surface area contributed by atoms with E-state index in [9.17, 15) is 14.9 Å². The predicted octanol–water partition coefficient (Wildman–Crippen LogP) is 3.28. The molecule has 9 nitrogen and oxygen atoms in total. The maximum absolute atomic E-state index is 12.5. The van der Waals surface area contributed by atoms with Gasteiger partial charge < -0.3 is 19.5 Å². The number of nitro groups is 1. The van der Waals surface area contributed by atoms with Gasteiger partial charge in [0, 0.05) is 18.2 Å². The molecule has 0 heterocycles. The van der Waals surface area contributed by atoms with Crippen molar-refractivity contribution >= 4 is 17.3 Å². The van der Waals surface area contributed by atoms with Gasteiger partial charge in [0.2, 0.25) is 0 Å². The number of nitro benzene ring substituents is 1. The zero-order valence-corrected chi connectivity index (χ0v) is 15.6. The Hall–Kier alpha value is -3.80. The number of hydrogen-bond donors (Lipinski definition) is 1. The number of benzene rings is 2. The number of nitrogens with one attached hydrogen (secondary N) is 1. The van der Waals surface area contributed by atoms with Crippen molar-refractivity contribution in [1.82, 2.24) is 0 Å². The first kappa shape index (κ1) is 20.5. The molecule has 1 atom stereocenters. The summed E-state index contributed by atoms with van der Waals surface area (Å²) in [5.41, 5.74) is 0.367. The number of carbonyl (C=O) groups is 1. The highest BCUT2D eigenvalue weighted by Crippen LogP contribution is 2.31. The van der Waals surface area contributed by atoms with Gasteiger partial charge in [-0.15, -0.1) is 0 Å². The van der Waals surface area contributed by atoms with Gasteiger partial charge in [-0.05, 0) is 32.0 Å². The van der Waals surface area contributed by atoms with Crippen molar-refractivity contribution in [3.8, 4) is 23.3 Å². The third kappa shape index (κ3) is 4.88. The third-order valence-electron chi connectivity index (χ3n) is 3.70. The van der Waals surface area contributed by atoms with E-state index in [0.29, 0.717) is 23.7 Å². The number of amides is 1. The van der Waals surface area contributed by atoms with Crippen molar-refractivity contribution in [3.05, 3.63) is 52.1 Å². The Balaban J connectivity index is 2.19. The van der Waals surface area contributed by atoms with Crippen LogP contribution < -0.4 is 19.5 Å². The van der Waals surface area contributed by atoms with Gasteiger partial charge in [0.1, 0.15) is 5.75 Å². The van der Waals surface area contributed by atoms with E-state index in [2.05, 4.69) is 5.32 Å². The summed E-state index contributed by atoms with van der Waals surface area (Å²) >= 11 is 0. The van der Waals surface area contributed by atoms with Gasteiger partial charge in [0.25, 0.3) is 11.6 Å². The molecule has 9 heteroatoms. The van der Waals surface area contributed by atoms with E-state index in [1.54, 1.807) is 19.1 Å². The fraction of sp³-hybridized carbons (Fsp3) is 0.263. The minimum Gasteiger partial charge on any atom is -0.495 e. The van der Waals surface area contributed by atoms with E-state index in [1.165, 1.54) is 38.3 Å². The summed E-state index contributed by atoms with van der Waals surface area (Å²) in [7, 11) is 1.39. The Morgan fingerprint density at radius 3 is 2.57 bits per heavy atom. The minimum atomic E-state index is -0.948. The van der Waals surface area contributed by atoms with Crippen LogP contribution in [-0.4, -0.2) is 30.7 Å². The van der Waals surface area contributed by atoms with Crippen molar-refractivity contribution in [3.63, 3.8) is 0 Å². The normalized spacial score (nSPS) is 11.1. The lowest BCUT2D eigenvalue weighted by molar-refractivity contribution is -0.384. The topological polar surface area (TPSA) is 124 Å². The molecule has 0 bridgehead atoms. The number of non-ortho nitro benzene ring substituents is 1. The summed E-state index contributed by atoms with van der Waals surface area (Å²) in [5, 5.41) is 22.5. The van der Waals surface area contributed by atoms with Crippen LogP contribution in [0.5, 0.6) is 17.2 Å². The molecule has 0 unspecified atom stereocenters. The average Bonchev–Trinajstić information content (AvgIpc) is 2.69. The van der Waals surface area contributed by atoms with Gasteiger partial charge in [-0.1, -0.05) is 0 Å². The summed E-state index contributed by atoms with van der Waals surface area (Å²) in [4.78, 5) is 22.9. The minimum absolute atomic E-state index is 0.155. The van der Waals surface area contributed by atoms with Crippen molar-refractivity contribution in [1.29, 1.82) is 5.26 Å². The number of carbonyl (C=O) groups excluding carboxylic acids is 1. The number of rotatable bonds is 8. The van der Waals surface area contributed by atoms with E-state index in [1.807, 2.05) is 6.07 Å². The second kappa shape index (κ2) is 9.23. The Bertz CT molecular complexity index is 922. The van der Waals surface area contributed by atoms with Gasteiger partial charge in [-0.3, -0.25) is 14.9 Å². The molecule has 0 saturated carbocycles. The highest BCUT2D eigenvalue weighted by atomic mass is 16.6. The van der Waals surface area contributed by atoms with Crippen molar-refractivity contribution < 1.29 is 23.9 Å². The molecular weight excluding hydrogens is 366 g/mol. The summed E-state index contributed by atoms with van der Waals surface area (Å²) in [6, 6.07) is 10.5. The van der Waals surface area contributed by atoms with Gasteiger partial charge in [-0.25, -0.2) is 0 Å². The van der Waals surface area contributed by atoms with Crippen LogP contribution in [0.2, 0.25) is 0 Å². The van der Waals surface area contributed by atoms with E-state index < -0.39 is 16.9 Å². The van der Waals surface area contributed by atoms with Crippen LogP contribution in [0.25, 0.3) is 0 Å². The lowest BCUT2D eigenvalue weighted by Crippen LogP contribution is -2.30. The fourth-order valence-electron chi connectivity index (χ4n) is 2.33. The Kier molecular flexibility index (Phi) is 6.76. The second-order valence-electron chi connectivity index (χ2n) is 5.60. The number of nitrogens with zero attached hydrogens (tertiary/aromatic N) is 2. The highest BCUT2D eigenvalue weighted by molar-refractivity contribution is 5.95. The molecule has 2 aromatic carbocycles. The number of methoxy groups -OCH3 is 1. The Morgan fingerprint density at radius 1 is 1.25 bits per heavy atom. The number of nitriles is 1. The lowest BCUT2D eigenvalue weighted by Gasteiger charge is -2.18. The molecule has 146 valence electrons. The molecule has 0 aliphatic rings. The lowest BCUT2D eigenvalue weighted by atomic mass is 10.2.